The first-order valence-electron chi connectivity index (χ1n) is 15.4. The van der Waals surface area contributed by atoms with Crippen LogP contribution in [0.4, 0.5) is 22.0 Å². The van der Waals surface area contributed by atoms with Gasteiger partial charge in [0.2, 0.25) is 17.7 Å². The molecule has 1 unspecified atom stereocenters. The van der Waals surface area contributed by atoms with Crippen LogP contribution in [0.1, 0.15) is 55.7 Å². The third kappa shape index (κ3) is 9.11. The number of hydrogen-bond acceptors (Lipinski definition) is 6. The summed E-state index contributed by atoms with van der Waals surface area (Å²) >= 11 is 0. The maximum absolute atomic E-state index is 13.5. The minimum atomic E-state index is -5.08. The number of halogens is 5. The smallest absolute Gasteiger partial charge is 0.475 e. The molecule has 2 aromatic carbocycles. The van der Waals surface area contributed by atoms with Crippen LogP contribution in [0.2, 0.25) is 0 Å². The average molecular weight is 692 g/mol. The number of fused-ring (bicyclic) bond motifs is 1. The highest BCUT2D eigenvalue weighted by Gasteiger charge is 2.38. The van der Waals surface area contributed by atoms with Gasteiger partial charge in [-0.3, -0.25) is 28.8 Å². The van der Waals surface area contributed by atoms with E-state index in [2.05, 4.69) is 17.2 Å². The van der Waals surface area contributed by atoms with E-state index in [1.54, 1.807) is 18.0 Å². The Labute approximate surface area is 276 Å². The molecular weight excluding hydrogens is 657 g/mol. The molecule has 262 valence electrons. The molecule has 49 heavy (non-hydrogen) atoms. The van der Waals surface area contributed by atoms with Gasteiger partial charge < -0.3 is 15.7 Å². The Bertz CT molecular complexity index is 1870. The molecule has 0 aliphatic carbocycles. The summed E-state index contributed by atoms with van der Waals surface area (Å²) in [5.74, 6) is 1.19. The first kappa shape index (κ1) is 36.8. The van der Waals surface area contributed by atoms with Crippen molar-refractivity contribution in [1.29, 1.82) is 0 Å². The zero-order chi connectivity index (χ0) is 36.0. The fourth-order valence-electron chi connectivity index (χ4n) is 5.80. The summed E-state index contributed by atoms with van der Waals surface area (Å²) in [6.45, 7) is 1.19. The van der Waals surface area contributed by atoms with Crippen molar-refractivity contribution in [2.45, 2.75) is 63.2 Å². The van der Waals surface area contributed by atoms with E-state index in [0.29, 0.717) is 42.0 Å². The molecule has 4 N–H and O–H groups in total. The lowest BCUT2D eigenvalue weighted by atomic mass is 9.91. The molecule has 1 aromatic heterocycles. The molecule has 3 aromatic rings. The number of piperidine rings is 2. The molecule has 0 spiro atoms. The van der Waals surface area contributed by atoms with Crippen LogP contribution in [0.3, 0.4) is 0 Å². The Hall–Kier alpha value is -5.04. The van der Waals surface area contributed by atoms with Crippen molar-refractivity contribution in [2.75, 3.05) is 13.1 Å². The Morgan fingerprint density at radius 3 is 2.31 bits per heavy atom. The van der Waals surface area contributed by atoms with Crippen LogP contribution < -0.4 is 16.7 Å². The molecule has 16 heteroatoms. The number of rotatable bonds is 6. The van der Waals surface area contributed by atoms with E-state index in [0.717, 1.165) is 37.0 Å². The fourth-order valence-corrected chi connectivity index (χ4v) is 5.80. The first-order chi connectivity index (χ1) is 23.1. The second kappa shape index (κ2) is 15.5. The molecule has 2 saturated heterocycles. The minimum absolute atomic E-state index is 0.146. The number of hydrogen-bond donors (Lipinski definition) is 3. The zero-order valence-electron chi connectivity index (χ0n) is 26.4. The van der Waals surface area contributed by atoms with E-state index in [-0.39, 0.29) is 36.8 Å². The molecule has 3 amide bonds. The van der Waals surface area contributed by atoms with Crippen molar-refractivity contribution in [2.24, 2.45) is 18.7 Å². The lowest BCUT2D eigenvalue weighted by molar-refractivity contribution is -0.192. The van der Waals surface area contributed by atoms with E-state index >= 15 is 0 Å². The SMILES string of the molecule is Cn1c(=O)n(C2CCC(=O)NC2=O)c2ccc(C#CCCC3CCN(C(=O)[C@@H](N)Cc4ccc(F)c(F)c4)CC3)cc21.O=C(O)C(F)(F)F. The van der Waals surface area contributed by atoms with Gasteiger partial charge in [-0.1, -0.05) is 17.9 Å². The molecule has 2 aliphatic rings. The molecule has 2 aliphatic heterocycles. The quantitative estimate of drug-likeness (QED) is 0.204. The number of nitrogens with zero attached hydrogens (tertiary/aromatic N) is 3. The van der Waals surface area contributed by atoms with Gasteiger partial charge in [0.05, 0.1) is 17.1 Å². The number of nitrogens with one attached hydrogen (secondary N) is 1. The third-order valence-electron chi connectivity index (χ3n) is 8.45. The maximum Gasteiger partial charge on any atom is 0.490 e. The lowest BCUT2D eigenvalue weighted by Gasteiger charge is -2.33. The number of alkyl halides is 3. The number of carbonyl (C=O) groups is 4. The van der Waals surface area contributed by atoms with Crippen molar-refractivity contribution >= 4 is 34.7 Å². The van der Waals surface area contributed by atoms with Crippen molar-refractivity contribution in [3.63, 3.8) is 0 Å². The van der Waals surface area contributed by atoms with Gasteiger partial charge in [0, 0.05) is 38.5 Å². The van der Waals surface area contributed by atoms with E-state index in [1.165, 1.54) is 15.2 Å². The van der Waals surface area contributed by atoms with Gasteiger partial charge in [0.15, 0.2) is 11.6 Å². The lowest BCUT2D eigenvalue weighted by Crippen LogP contribution is -2.48. The number of aromatic nitrogens is 2. The molecule has 5 rings (SSSR count). The molecule has 3 heterocycles. The monoisotopic (exact) mass is 691 g/mol. The van der Waals surface area contributed by atoms with Crippen molar-refractivity contribution in [3.8, 4) is 11.8 Å². The van der Waals surface area contributed by atoms with Crippen LogP contribution in [0, 0.1) is 29.4 Å². The maximum atomic E-state index is 13.5. The number of nitrogens with two attached hydrogens (primary N) is 1. The van der Waals surface area contributed by atoms with Gasteiger partial charge in [-0.25, -0.2) is 18.4 Å². The van der Waals surface area contributed by atoms with Gasteiger partial charge in [-0.2, -0.15) is 13.2 Å². The average Bonchev–Trinajstić information content (AvgIpc) is 3.29. The van der Waals surface area contributed by atoms with Crippen LogP contribution in [0.5, 0.6) is 0 Å². The third-order valence-corrected chi connectivity index (χ3v) is 8.45. The van der Waals surface area contributed by atoms with Crippen molar-refractivity contribution in [3.05, 3.63) is 69.6 Å². The summed E-state index contributed by atoms with van der Waals surface area (Å²) in [7, 11) is 1.65. The predicted molar refractivity (Wildman–Crippen MR) is 166 cm³/mol. The van der Waals surface area contributed by atoms with Crippen LogP contribution >= 0.6 is 0 Å². The highest BCUT2D eigenvalue weighted by Crippen LogP contribution is 2.25. The largest absolute Gasteiger partial charge is 0.490 e. The van der Waals surface area contributed by atoms with Gasteiger partial charge in [0.1, 0.15) is 6.04 Å². The summed E-state index contributed by atoms with van der Waals surface area (Å²) in [6.07, 6.45) is -1.22. The number of carboxylic acid groups (broad SMARTS) is 1. The number of imidazole rings is 1. The zero-order valence-corrected chi connectivity index (χ0v) is 26.4. The molecule has 2 fully saturated rings. The normalized spacial score (nSPS) is 17.4. The van der Waals surface area contributed by atoms with Crippen molar-refractivity contribution in [1.82, 2.24) is 19.4 Å². The number of carboxylic acids is 1. The minimum Gasteiger partial charge on any atom is -0.475 e. The molecular formula is C33H34F5N5O6. The Kier molecular flexibility index (Phi) is 11.6. The Morgan fingerprint density at radius 2 is 1.69 bits per heavy atom. The second-order valence-corrected chi connectivity index (χ2v) is 11.9. The molecule has 0 radical (unpaired) electrons. The number of amides is 3. The summed E-state index contributed by atoms with van der Waals surface area (Å²) in [6, 6.07) is 7.46. The van der Waals surface area contributed by atoms with Crippen molar-refractivity contribution < 1.29 is 46.2 Å². The topological polar surface area (TPSA) is 157 Å². The highest BCUT2D eigenvalue weighted by atomic mass is 19.4. The van der Waals surface area contributed by atoms with Gasteiger partial charge >= 0.3 is 17.8 Å². The van der Waals surface area contributed by atoms with E-state index in [4.69, 9.17) is 15.6 Å². The summed E-state index contributed by atoms with van der Waals surface area (Å²) < 4.78 is 61.3. The van der Waals surface area contributed by atoms with Crippen LogP contribution in [0.15, 0.2) is 41.2 Å². The molecule has 11 nitrogen and oxygen atoms in total. The number of imide groups is 1. The summed E-state index contributed by atoms with van der Waals surface area (Å²) in [5, 5.41) is 9.44. The number of likely N-dealkylation sites (tertiary alicyclic amines) is 1. The molecule has 2 atom stereocenters. The fraction of sp³-hybridized carbons (Fsp3) is 0.424. The van der Waals surface area contributed by atoms with E-state index < -0.39 is 41.8 Å². The first-order valence-corrected chi connectivity index (χ1v) is 15.4. The number of aryl methyl sites for hydroxylation is 1. The standard InChI is InChI=1S/C31H33F2N5O4.C2HF3O2/c1-36-27-18-20(7-9-25(27)38(31(36)42)26-10-11-28(39)35-29(26)40)5-3-2-4-19-12-14-37(15-13-19)30(41)24(34)17-21-6-8-22(32)23(33)16-21;3-2(4,5)1(6)7/h6-9,16,18-19,24,26H,2,4,10-15,17,34H2,1H3,(H,35,39,40);(H,6,7)/t24-,26?;/m0./s1. The van der Waals surface area contributed by atoms with Gasteiger partial charge in [0.25, 0.3) is 0 Å². The van der Waals surface area contributed by atoms with Gasteiger partial charge in [-0.15, -0.1) is 0 Å². The molecule has 0 saturated carbocycles. The van der Waals surface area contributed by atoms with Crippen LogP contribution in [-0.2, 0) is 32.6 Å². The highest BCUT2D eigenvalue weighted by molar-refractivity contribution is 6.00. The van der Waals surface area contributed by atoms with Crippen LogP contribution in [-0.4, -0.2) is 68.1 Å². The summed E-state index contributed by atoms with van der Waals surface area (Å²) in [4.78, 5) is 60.3. The molecule has 0 bridgehead atoms. The van der Waals surface area contributed by atoms with Gasteiger partial charge in [-0.05, 0) is 73.9 Å². The summed E-state index contributed by atoms with van der Waals surface area (Å²) in [5.41, 5.74) is 8.29. The Morgan fingerprint density at radius 1 is 1.02 bits per heavy atom. The Balaban J connectivity index is 0.000000698. The number of aliphatic carboxylic acids is 1. The predicted octanol–water partition coefficient (Wildman–Crippen LogP) is 3.17. The second-order valence-electron chi connectivity index (χ2n) is 11.9. The van der Waals surface area contributed by atoms with Crippen LogP contribution in [0.25, 0.3) is 11.0 Å². The number of carbonyl (C=O) groups excluding carboxylic acids is 3. The van der Waals surface area contributed by atoms with E-state index in [9.17, 15) is 41.1 Å². The van der Waals surface area contributed by atoms with E-state index in [1.807, 2.05) is 12.1 Å². The number of benzene rings is 2.